The zero-order valence-electron chi connectivity index (χ0n) is 9.18. The number of hydrogen-bond donors (Lipinski definition) is 0. The van der Waals surface area contributed by atoms with Crippen LogP contribution in [0.4, 0.5) is 5.69 Å². The Morgan fingerprint density at radius 3 is 2.38 bits per heavy atom. The molecule has 0 amide bonds. The molecule has 0 aliphatic heterocycles. The van der Waals surface area contributed by atoms with Gasteiger partial charge in [-0.3, -0.25) is 4.18 Å². The first-order valence-electron chi connectivity index (χ1n) is 4.69. The Kier molecular flexibility index (Phi) is 4.76. The molecule has 0 spiro atoms. The van der Waals surface area contributed by atoms with E-state index in [1.54, 1.807) is 0 Å². The van der Waals surface area contributed by atoms with Crippen LogP contribution < -0.4 is 4.90 Å². The molecule has 0 saturated carbocycles. The van der Waals surface area contributed by atoms with Gasteiger partial charge in [0.15, 0.2) is 0 Å². The third-order valence-corrected chi connectivity index (χ3v) is 3.11. The highest BCUT2D eigenvalue weighted by Crippen LogP contribution is 2.16. The van der Waals surface area contributed by atoms with E-state index in [0.717, 1.165) is 16.4 Å². The summed E-state index contributed by atoms with van der Waals surface area (Å²) in [6.07, 6.45) is 1.05. The lowest BCUT2D eigenvalue weighted by Crippen LogP contribution is -2.23. The molecule has 6 heteroatoms. The van der Waals surface area contributed by atoms with Gasteiger partial charge in [-0.1, -0.05) is 15.9 Å². The van der Waals surface area contributed by atoms with Gasteiger partial charge in [0.2, 0.25) is 0 Å². The predicted octanol–water partition coefficient (Wildman–Crippen LogP) is 1.86. The minimum absolute atomic E-state index is 0.158. The van der Waals surface area contributed by atoms with E-state index in [-0.39, 0.29) is 6.61 Å². The summed E-state index contributed by atoms with van der Waals surface area (Å²) in [5, 5.41) is 0. The molecule has 0 atom stereocenters. The van der Waals surface area contributed by atoms with Crippen molar-refractivity contribution in [1.29, 1.82) is 0 Å². The van der Waals surface area contributed by atoms with Crippen LogP contribution >= 0.6 is 15.9 Å². The Labute approximate surface area is 104 Å². The van der Waals surface area contributed by atoms with E-state index >= 15 is 0 Å². The SMILES string of the molecule is CN(CCOS(C)(=O)=O)c1ccc(Br)cc1. The molecule has 0 N–H and O–H groups in total. The maximum absolute atomic E-state index is 10.7. The van der Waals surface area contributed by atoms with E-state index in [1.807, 2.05) is 36.2 Å². The number of benzene rings is 1. The van der Waals surface area contributed by atoms with Crippen LogP contribution in [0.15, 0.2) is 28.7 Å². The van der Waals surface area contributed by atoms with Gasteiger partial charge >= 0.3 is 0 Å². The summed E-state index contributed by atoms with van der Waals surface area (Å²) in [6, 6.07) is 7.77. The normalized spacial score (nSPS) is 11.4. The average molecular weight is 308 g/mol. The highest BCUT2D eigenvalue weighted by atomic mass is 79.9. The van der Waals surface area contributed by atoms with Gasteiger partial charge in [-0.25, -0.2) is 0 Å². The molecule has 0 aliphatic carbocycles. The number of halogens is 1. The minimum Gasteiger partial charge on any atom is -0.372 e. The summed E-state index contributed by atoms with van der Waals surface area (Å²) in [7, 11) is -1.46. The van der Waals surface area contributed by atoms with Gasteiger partial charge < -0.3 is 4.90 Å². The van der Waals surface area contributed by atoms with Crippen molar-refractivity contribution in [2.45, 2.75) is 0 Å². The third-order valence-electron chi connectivity index (χ3n) is 1.99. The summed E-state index contributed by atoms with van der Waals surface area (Å²) in [5.41, 5.74) is 1.01. The summed E-state index contributed by atoms with van der Waals surface area (Å²) >= 11 is 3.35. The fourth-order valence-corrected chi connectivity index (χ4v) is 1.79. The number of anilines is 1. The molecule has 0 aromatic heterocycles. The van der Waals surface area contributed by atoms with Crippen LogP contribution in [0.3, 0.4) is 0 Å². The minimum atomic E-state index is -3.34. The Morgan fingerprint density at radius 1 is 1.31 bits per heavy atom. The smallest absolute Gasteiger partial charge is 0.264 e. The first kappa shape index (κ1) is 13.5. The first-order valence-corrected chi connectivity index (χ1v) is 7.30. The third kappa shape index (κ3) is 4.96. The molecule has 1 aromatic rings. The number of hydrogen-bond acceptors (Lipinski definition) is 4. The second-order valence-corrected chi connectivity index (χ2v) is 5.98. The van der Waals surface area contributed by atoms with Gasteiger partial charge in [-0.05, 0) is 24.3 Å². The molecule has 16 heavy (non-hydrogen) atoms. The summed E-state index contributed by atoms with van der Waals surface area (Å²) in [6.45, 7) is 0.681. The molecule has 0 radical (unpaired) electrons. The molecule has 4 nitrogen and oxygen atoms in total. The molecule has 1 aromatic carbocycles. The summed E-state index contributed by atoms with van der Waals surface area (Å²) in [5.74, 6) is 0. The zero-order valence-corrected chi connectivity index (χ0v) is 11.6. The molecule has 0 saturated heterocycles. The fraction of sp³-hybridized carbons (Fsp3) is 0.400. The number of likely N-dealkylation sites (N-methyl/N-ethyl adjacent to an activating group) is 1. The predicted molar refractivity (Wildman–Crippen MR) is 68.2 cm³/mol. The van der Waals surface area contributed by atoms with Gasteiger partial charge in [0.25, 0.3) is 10.1 Å². The maximum Gasteiger partial charge on any atom is 0.264 e. The van der Waals surface area contributed by atoms with Crippen molar-refractivity contribution in [3.63, 3.8) is 0 Å². The lowest BCUT2D eigenvalue weighted by Gasteiger charge is -2.18. The van der Waals surface area contributed by atoms with Crippen molar-refractivity contribution < 1.29 is 12.6 Å². The van der Waals surface area contributed by atoms with Crippen LogP contribution in [0.5, 0.6) is 0 Å². The van der Waals surface area contributed by atoms with E-state index < -0.39 is 10.1 Å². The molecule has 90 valence electrons. The Balaban J connectivity index is 2.47. The first-order chi connectivity index (χ1) is 7.38. The number of rotatable bonds is 5. The molecule has 0 bridgehead atoms. The second kappa shape index (κ2) is 5.65. The van der Waals surface area contributed by atoms with Crippen LogP contribution in [-0.4, -0.2) is 34.9 Å². The van der Waals surface area contributed by atoms with Crippen LogP contribution in [0.25, 0.3) is 0 Å². The Bertz CT molecular complexity index is 430. The molecule has 0 heterocycles. The van der Waals surface area contributed by atoms with Crippen LogP contribution in [0.1, 0.15) is 0 Å². The van der Waals surface area contributed by atoms with Crippen LogP contribution in [0.2, 0.25) is 0 Å². The van der Waals surface area contributed by atoms with E-state index in [0.29, 0.717) is 6.54 Å². The number of nitrogens with zero attached hydrogens (tertiary/aromatic N) is 1. The van der Waals surface area contributed by atoms with Crippen LogP contribution in [0, 0.1) is 0 Å². The molecular formula is C10H14BrNO3S. The molecule has 1 rings (SSSR count). The Hall–Kier alpha value is -0.590. The topological polar surface area (TPSA) is 46.6 Å². The zero-order chi connectivity index (χ0) is 12.2. The van der Waals surface area contributed by atoms with Gasteiger partial charge in [0, 0.05) is 23.8 Å². The van der Waals surface area contributed by atoms with Crippen LogP contribution in [-0.2, 0) is 14.3 Å². The van der Waals surface area contributed by atoms with Gasteiger partial charge in [-0.15, -0.1) is 0 Å². The largest absolute Gasteiger partial charge is 0.372 e. The second-order valence-electron chi connectivity index (χ2n) is 3.42. The summed E-state index contributed by atoms with van der Waals surface area (Å²) < 4.78 is 27.2. The van der Waals surface area contributed by atoms with Crippen molar-refractivity contribution >= 4 is 31.7 Å². The summed E-state index contributed by atoms with van der Waals surface area (Å²) in [4.78, 5) is 1.93. The highest BCUT2D eigenvalue weighted by Gasteiger charge is 2.04. The van der Waals surface area contributed by atoms with E-state index in [2.05, 4.69) is 20.1 Å². The van der Waals surface area contributed by atoms with Crippen molar-refractivity contribution in [3.05, 3.63) is 28.7 Å². The van der Waals surface area contributed by atoms with Crippen molar-refractivity contribution in [2.24, 2.45) is 0 Å². The standard InChI is InChI=1S/C10H14BrNO3S/c1-12(7-8-15-16(2,13)14)10-5-3-9(11)4-6-10/h3-6H,7-8H2,1-2H3. The maximum atomic E-state index is 10.7. The highest BCUT2D eigenvalue weighted by molar-refractivity contribution is 9.10. The van der Waals surface area contributed by atoms with Crippen molar-refractivity contribution in [2.75, 3.05) is 31.4 Å². The monoisotopic (exact) mass is 307 g/mol. The van der Waals surface area contributed by atoms with E-state index in [1.165, 1.54) is 0 Å². The molecule has 0 aliphatic rings. The lowest BCUT2D eigenvalue weighted by molar-refractivity contribution is 0.329. The van der Waals surface area contributed by atoms with E-state index in [9.17, 15) is 8.42 Å². The quantitative estimate of drug-likeness (QED) is 0.779. The van der Waals surface area contributed by atoms with Gasteiger partial charge in [-0.2, -0.15) is 8.42 Å². The van der Waals surface area contributed by atoms with Crippen molar-refractivity contribution in [3.8, 4) is 0 Å². The average Bonchev–Trinajstić information content (AvgIpc) is 2.16. The Morgan fingerprint density at radius 2 is 1.88 bits per heavy atom. The van der Waals surface area contributed by atoms with Gasteiger partial charge in [0.1, 0.15) is 0 Å². The fourth-order valence-electron chi connectivity index (χ4n) is 1.15. The lowest BCUT2D eigenvalue weighted by atomic mass is 10.3. The molecular weight excluding hydrogens is 294 g/mol. The van der Waals surface area contributed by atoms with Gasteiger partial charge in [0.05, 0.1) is 12.9 Å². The molecule has 0 fully saturated rings. The van der Waals surface area contributed by atoms with E-state index in [4.69, 9.17) is 0 Å². The molecule has 0 unspecified atom stereocenters. The van der Waals surface area contributed by atoms with Crippen molar-refractivity contribution in [1.82, 2.24) is 0 Å².